The first-order valence-corrected chi connectivity index (χ1v) is 13.1. The van der Waals surface area contributed by atoms with Gasteiger partial charge in [0.25, 0.3) is 5.91 Å². The molecule has 3 heterocycles. The highest BCUT2D eigenvalue weighted by atomic mass is 32.1. The van der Waals surface area contributed by atoms with E-state index in [0.717, 1.165) is 43.0 Å². The van der Waals surface area contributed by atoms with Crippen molar-refractivity contribution in [3.63, 3.8) is 0 Å². The van der Waals surface area contributed by atoms with Crippen LogP contribution in [0.25, 0.3) is 10.8 Å². The molecule has 1 N–H and O–H groups in total. The van der Waals surface area contributed by atoms with Crippen molar-refractivity contribution in [3.8, 4) is 0 Å². The first kappa shape index (κ1) is 23.0. The first-order chi connectivity index (χ1) is 16.5. The third-order valence-electron chi connectivity index (χ3n) is 7.67. The van der Waals surface area contributed by atoms with Crippen LogP contribution < -0.4 is 5.32 Å². The van der Waals surface area contributed by atoms with Crippen molar-refractivity contribution in [1.82, 2.24) is 20.1 Å². The van der Waals surface area contributed by atoms with Crippen molar-refractivity contribution in [2.75, 3.05) is 19.6 Å². The molecular weight excluding hydrogens is 444 g/mol. The molecule has 0 saturated carbocycles. The zero-order valence-corrected chi connectivity index (χ0v) is 20.7. The van der Waals surface area contributed by atoms with Crippen LogP contribution in [0.15, 0.2) is 48.0 Å². The number of amides is 3. The topological polar surface area (TPSA) is 65.5 Å². The molecule has 2 saturated heterocycles. The van der Waals surface area contributed by atoms with E-state index in [1.54, 1.807) is 11.3 Å². The van der Waals surface area contributed by atoms with Gasteiger partial charge in [0.15, 0.2) is 0 Å². The molecule has 0 unspecified atom stereocenters. The van der Waals surface area contributed by atoms with Crippen molar-refractivity contribution in [1.29, 1.82) is 0 Å². The second-order valence-electron chi connectivity index (χ2n) is 9.55. The molecule has 0 aliphatic carbocycles. The summed E-state index contributed by atoms with van der Waals surface area (Å²) in [7, 11) is 0. The summed E-state index contributed by atoms with van der Waals surface area (Å²) in [4.78, 5) is 35.7. The van der Waals surface area contributed by atoms with Gasteiger partial charge in [0.05, 0.1) is 11.2 Å². The largest absolute Gasteiger partial charge is 0.325 e. The lowest BCUT2D eigenvalue weighted by atomic mass is 9.75. The Bertz CT molecular complexity index is 1200. The number of hydrogen-bond acceptors (Lipinski definition) is 5. The number of nitrogens with zero attached hydrogens (tertiary/aromatic N) is 3. The number of nitrogens with one attached hydrogen (secondary N) is 1. The molecule has 1 atom stereocenters. The number of thiazole rings is 1. The van der Waals surface area contributed by atoms with E-state index in [9.17, 15) is 9.59 Å². The van der Waals surface area contributed by atoms with Gasteiger partial charge >= 0.3 is 6.03 Å². The number of aryl methyl sites for hydroxylation is 1. The summed E-state index contributed by atoms with van der Waals surface area (Å²) in [5.41, 5.74) is 3.35. The van der Waals surface area contributed by atoms with Gasteiger partial charge in [0, 0.05) is 24.4 Å². The van der Waals surface area contributed by atoms with Gasteiger partial charge in [-0.2, -0.15) is 0 Å². The number of likely N-dealkylation sites (tertiary alicyclic amines) is 1. The minimum absolute atomic E-state index is 0.0462. The zero-order valence-electron chi connectivity index (χ0n) is 19.9. The Hall–Kier alpha value is -2.77. The highest BCUT2D eigenvalue weighted by Gasteiger charge is 2.54. The Labute approximate surface area is 205 Å². The number of imide groups is 1. The zero-order chi connectivity index (χ0) is 23.7. The van der Waals surface area contributed by atoms with E-state index in [2.05, 4.69) is 57.7 Å². The van der Waals surface area contributed by atoms with Crippen LogP contribution in [0.1, 0.15) is 42.3 Å². The molecule has 2 aromatic carbocycles. The fourth-order valence-corrected chi connectivity index (χ4v) is 6.38. The minimum Gasteiger partial charge on any atom is -0.323 e. The van der Waals surface area contributed by atoms with Crippen LogP contribution in [0.5, 0.6) is 0 Å². The highest BCUT2D eigenvalue weighted by molar-refractivity contribution is 7.09. The SMILES string of the molecule is CC[C@]1(C2CCN(Cc3ccc4ccccc4c3)CC2)NC(=O)N(CCc2scnc2C)C1=O. The van der Waals surface area contributed by atoms with Crippen molar-refractivity contribution in [2.45, 2.75) is 51.6 Å². The number of hydrogen-bond donors (Lipinski definition) is 1. The number of benzene rings is 2. The molecule has 3 aromatic rings. The second kappa shape index (κ2) is 9.47. The Kier molecular flexibility index (Phi) is 6.40. The number of rotatable bonds is 7. The van der Waals surface area contributed by atoms with Gasteiger partial charge in [-0.1, -0.05) is 43.3 Å². The third-order valence-corrected chi connectivity index (χ3v) is 8.67. The van der Waals surface area contributed by atoms with Gasteiger partial charge in [-0.3, -0.25) is 14.6 Å². The normalized spacial score (nSPS) is 22.0. The summed E-state index contributed by atoms with van der Waals surface area (Å²) in [6, 6.07) is 14.9. The van der Waals surface area contributed by atoms with E-state index in [1.165, 1.54) is 21.2 Å². The predicted molar refractivity (Wildman–Crippen MR) is 136 cm³/mol. The smallest absolute Gasteiger partial charge is 0.323 e. The molecule has 6 nitrogen and oxygen atoms in total. The van der Waals surface area contributed by atoms with Gasteiger partial charge in [0.2, 0.25) is 0 Å². The van der Waals surface area contributed by atoms with E-state index in [4.69, 9.17) is 0 Å². The van der Waals surface area contributed by atoms with E-state index >= 15 is 0 Å². The van der Waals surface area contributed by atoms with Crippen molar-refractivity contribution >= 4 is 34.0 Å². The monoisotopic (exact) mass is 476 g/mol. The molecule has 3 amide bonds. The lowest BCUT2D eigenvalue weighted by Crippen LogP contribution is -2.55. The summed E-state index contributed by atoms with van der Waals surface area (Å²) in [6.45, 7) is 7.19. The van der Waals surface area contributed by atoms with Crippen LogP contribution in [-0.4, -0.2) is 51.9 Å². The molecule has 0 spiro atoms. The van der Waals surface area contributed by atoms with Crippen molar-refractivity contribution < 1.29 is 9.59 Å². The standard InChI is InChI=1S/C27H32N4O2S/c1-3-27(25(32)31(26(33)29-27)15-12-24-19(2)28-18-34-24)23-10-13-30(14-11-23)17-20-8-9-21-6-4-5-7-22(21)16-20/h4-9,16,18,23H,3,10-15,17H2,1-2H3,(H,29,33)/t27-/m1/s1. The fourth-order valence-electron chi connectivity index (χ4n) is 5.61. The van der Waals surface area contributed by atoms with E-state index < -0.39 is 5.54 Å². The van der Waals surface area contributed by atoms with Gasteiger partial charge in [-0.05, 0) is 67.6 Å². The summed E-state index contributed by atoms with van der Waals surface area (Å²) in [5, 5.41) is 5.66. The van der Waals surface area contributed by atoms with E-state index in [1.807, 2.05) is 19.4 Å². The molecule has 178 valence electrons. The van der Waals surface area contributed by atoms with Crippen LogP contribution >= 0.6 is 11.3 Å². The predicted octanol–water partition coefficient (Wildman–Crippen LogP) is 4.76. The Morgan fingerprint density at radius 2 is 1.88 bits per heavy atom. The Balaban J connectivity index is 1.22. The quantitative estimate of drug-likeness (QED) is 0.500. The molecule has 2 aliphatic rings. The molecule has 34 heavy (non-hydrogen) atoms. The number of fused-ring (bicyclic) bond motifs is 1. The summed E-state index contributed by atoms with van der Waals surface area (Å²) in [6.07, 6.45) is 3.12. The lowest BCUT2D eigenvalue weighted by molar-refractivity contribution is -0.134. The number of carbonyl (C=O) groups is 2. The second-order valence-corrected chi connectivity index (χ2v) is 10.5. The van der Waals surface area contributed by atoms with Crippen LogP contribution in [0.2, 0.25) is 0 Å². The van der Waals surface area contributed by atoms with E-state index in [-0.39, 0.29) is 17.9 Å². The fraction of sp³-hybridized carbons (Fsp3) is 0.444. The molecule has 7 heteroatoms. The van der Waals surface area contributed by atoms with Gasteiger partial charge in [-0.25, -0.2) is 9.78 Å². The highest BCUT2D eigenvalue weighted by Crippen LogP contribution is 2.36. The van der Waals surface area contributed by atoms with Crippen LogP contribution in [0.3, 0.4) is 0 Å². The van der Waals surface area contributed by atoms with Gasteiger partial charge < -0.3 is 5.32 Å². The molecular formula is C27H32N4O2S. The number of carbonyl (C=O) groups excluding carboxylic acids is 2. The maximum Gasteiger partial charge on any atom is 0.325 e. The van der Waals surface area contributed by atoms with Crippen molar-refractivity contribution in [2.24, 2.45) is 5.92 Å². The van der Waals surface area contributed by atoms with Gasteiger partial charge in [0.1, 0.15) is 5.54 Å². The molecule has 1 aromatic heterocycles. The number of urea groups is 1. The van der Waals surface area contributed by atoms with Crippen LogP contribution in [-0.2, 0) is 17.8 Å². The number of aromatic nitrogens is 1. The van der Waals surface area contributed by atoms with Crippen LogP contribution in [0, 0.1) is 12.8 Å². The molecule has 0 radical (unpaired) electrons. The van der Waals surface area contributed by atoms with Gasteiger partial charge in [-0.15, -0.1) is 11.3 Å². The molecule has 5 rings (SSSR count). The molecule has 2 fully saturated rings. The lowest BCUT2D eigenvalue weighted by Gasteiger charge is -2.40. The minimum atomic E-state index is -0.769. The third kappa shape index (κ3) is 4.23. The summed E-state index contributed by atoms with van der Waals surface area (Å²) in [5.74, 6) is 0.118. The summed E-state index contributed by atoms with van der Waals surface area (Å²) >= 11 is 1.58. The number of piperidine rings is 1. The first-order valence-electron chi connectivity index (χ1n) is 12.2. The average Bonchev–Trinajstić information content (AvgIpc) is 3.38. The van der Waals surface area contributed by atoms with Crippen molar-refractivity contribution in [3.05, 3.63) is 64.1 Å². The Morgan fingerprint density at radius 1 is 1.12 bits per heavy atom. The van der Waals surface area contributed by atoms with E-state index in [0.29, 0.717) is 19.4 Å². The molecule has 0 bridgehead atoms. The van der Waals surface area contributed by atoms with Crippen LogP contribution in [0.4, 0.5) is 4.79 Å². The maximum absolute atomic E-state index is 13.5. The average molecular weight is 477 g/mol. The summed E-state index contributed by atoms with van der Waals surface area (Å²) < 4.78 is 0. The maximum atomic E-state index is 13.5. The Morgan fingerprint density at radius 3 is 2.59 bits per heavy atom. The molecule has 2 aliphatic heterocycles.